The first kappa shape index (κ1) is 13.1. The van der Waals surface area contributed by atoms with Gasteiger partial charge in [0.05, 0.1) is 5.69 Å². The van der Waals surface area contributed by atoms with Gasteiger partial charge in [-0.2, -0.15) is 0 Å². The van der Waals surface area contributed by atoms with Gasteiger partial charge in [-0.25, -0.2) is 9.97 Å². The summed E-state index contributed by atoms with van der Waals surface area (Å²) in [5.41, 5.74) is 4.44. The molecule has 4 nitrogen and oxygen atoms in total. The van der Waals surface area contributed by atoms with E-state index in [1.54, 1.807) is 0 Å². The molecule has 1 aliphatic rings. The number of rotatable bonds is 2. The molecule has 1 saturated heterocycles. The first-order chi connectivity index (χ1) is 9.72. The quantitative estimate of drug-likeness (QED) is 0.906. The third-order valence-electron chi connectivity index (χ3n) is 3.59. The van der Waals surface area contributed by atoms with Crippen LogP contribution >= 0.6 is 0 Å². The topological polar surface area (TPSA) is 41.1 Å². The average molecular weight is 268 g/mol. The lowest BCUT2D eigenvalue weighted by Crippen LogP contribution is -2.44. The van der Waals surface area contributed by atoms with Crippen LogP contribution in [0.4, 0.5) is 5.95 Å². The smallest absolute Gasteiger partial charge is 0.226 e. The van der Waals surface area contributed by atoms with E-state index in [4.69, 9.17) is 4.98 Å². The molecule has 0 unspecified atom stereocenters. The van der Waals surface area contributed by atoms with E-state index in [0.29, 0.717) is 0 Å². The van der Waals surface area contributed by atoms with Gasteiger partial charge in [0.15, 0.2) is 0 Å². The molecule has 3 rings (SSSR count). The average Bonchev–Trinajstić information content (AvgIpc) is 2.48. The molecule has 0 amide bonds. The van der Waals surface area contributed by atoms with Gasteiger partial charge in [0, 0.05) is 37.4 Å². The largest absolute Gasteiger partial charge is 0.338 e. The molecule has 0 spiro atoms. The summed E-state index contributed by atoms with van der Waals surface area (Å²) in [5, 5.41) is 3.35. The lowest BCUT2D eigenvalue weighted by atomic mass is 10.1. The summed E-state index contributed by atoms with van der Waals surface area (Å²) in [4.78, 5) is 11.6. The minimum atomic E-state index is 0.849. The molecule has 1 aromatic carbocycles. The number of nitrogens with one attached hydrogen (secondary N) is 1. The van der Waals surface area contributed by atoms with Gasteiger partial charge in [0.2, 0.25) is 5.95 Å². The Balaban J connectivity index is 1.95. The number of hydrogen-bond acceptors (Lipinski definition) is 4. The van der Waals surface area contributed by atoms with Gasteiger partial charge in [-0.05, 0) is 19.9 Å². The zero-order valence-electron chi connectivity index (χ0n) is 12.1. The van der Waals surface area contributed by atoms with Crippen LogP contribution in [0.1, 0.15) is 11.3 Å². The van der Waals surface area contributed by atoms with Crippen molar-refractivity contribution in [2.45, 2.75) is 13.8 Å². The van der Waals surface area contributed by atoms with Crippen LogP contribution in [0.25, 0.3) is 11.3 Å². The Morgan fingerprint density at radius 2 is 1.70 bits per heavy atom. The van der Waals surface area contributed by atoms with E-state index in [0.717, 1.165) is 49.1 Å². The molecule has 1 aliphatic heterocycles. The van der Waals surface area contributed by atoms with Crippen LogP contribution in [0.2, 0.25) is 0 Å². The molecule has 1 fully saturated rings. The molecule has 0 aliphatic carbocycles. The predicted molar refractivity (Wildman–Crippen MR) is 82.0 cm³/mol. The highest BCUT2D eigenvalue weighted by atomic mass is 15.3. The van der Waals surface area contributed by atoms with Crippen molar-refractivity contribution in [1.82, 2.24) is 15.3 Å². The van der Waals surface area contributed by atoms with Gasteiger partial charge >= 0.3 is 0 Å². The first-order valence-corrected chi connectivity index (χ1v) is 7.11. The van der Waals surface area contributed by atoms with Crippen molar-refractivity contribution >= 4 is 5.95 Å². The standard InChI is InChI=1S/C16H20N4/c1-12-3-5-14(6-4-12)15-11-13(2)18-16(19-15)20-9-7-17-8-10-20/h3-6,11,17H,7-10H2,1-2H3. The van der Waals surface area contributed by atoms with Gasteiger partial charge in [0.25, 0.3) is 0 Å². The van der Waals surface area contributed by atoms with E-state index >= 15 is 0 Å². The molecule has 1 aromatic heterocycles. The maximum absolute atomic E-state index is 4.74. The van der Waals surface area contributed by atoms with Crippen molar-refractivity contribution in [3.8, 4) is 11.3 Å². The second-order valence-electron chi connectivity index (χ2n) is 5.30. The third-order valence-corrected chi connectivity index (χ3v) is 3.59. The molecule has 104 valence electrons. The van der Waals surface area contributed by atoms with Crippen LogP contribution in [0.5, 0.6) is 0 Å². The van der Waals surface area contributed by atoms with Crippen molar-refractivity contribution in [3.63, 3.8) is 0 Å². The van der Waals surface area contributed by atoms with E-state index in [9.17, 15) is 0 Å². The van der Waals surface area contributed by atoms with E-state index in [-0.39, 0.29) is 0 Å². The Morgan fingerprint density at radius 1 is 1.00 bits per heavy atom. The van der Waals surface area contributed by atoms with Crippen molar-refractivity contribution in [2.75, 3.05) is 31.1 Å². The van der Waals surface area contributed by atoms with E-state index in [1.165, 1.54) is 5.56 Å². The number of piperazine rings is 1. The van der Waals surface area contributed by atoms with Gasteiger partial charge in [-0.1, -0.05) is 29.8 Å². The van der Waals surface area contributed by atoms with Crippen LogP contribution < -0.4 is 10.2 Å². The second kappa shape index (κ2) is 5.59. The normalized spacial score (nSPS) is 15.4. The second-order valence-corrected chi connectivity index (χ2v) is 5.30. The molecule has 0 radical (unpaired) electrons. The Kier molecular flexibility index (Phi) is 3.65. The molecule has 0 bridgehead atoms. The van der Waals surface area contributed by atoms with Crippen LogP contribution in [-0.4, -0.2) is 36.1 Å². The predicted octanol–water partition coefficient (Wildman–Crippen LogP) is 2.17. The van der Waals surface area contributed by atoms with Gasteiger partial charge in [0.1, 0.15) is 0 Å². The van der Waals surface area contributed by atoms with Gasteiger partial charge in [-0.3, -0.25) is 0 Å². The monoisotopic (exact) mass is 268 g/mol. The Hall–Kier alpha value is -1.94. The summed E-state index contributed by atoms with van der Waals surface area (Å²) >= 11 is 0. The molecule has 1 N–H and O–H groups in total. The number of nitrogens with zero attached hydrogens (tertiary/aromatic N) is 3. The minimum Gasteiger partial charge on any atom is -0.338 e. The molecule has 4 heteroatoms. The number of aryl methyl sites for hydroxylation is 2. The summed E-state index contributed by atoms with van der Waals surface area (Å²) in [6.45, 7) is 8.06. The number of aromatic nitrogens is 2. The number of benzene rings is 1. The van der Waals surface area contributed by atoms with E-state index in [1.807, 2.05) is 6.92 Å². The van der Waals surface area contributed by atoms with Crippen molar-refractivity contribution < 1.29 is 0 Å². The lowest BCUT2D eigenvalue weighted by molar-refractivity contribution is 0.579. The molecule has 0 atom stereocenters. The Labute approximate surface area is 119 Å². The van der Waals surface area contributed by atoms with E-state index < -0.39 is 0 Å². The first-order valence-electron chi connectivity index (χ1n) is 7.11. The maximum Gasteiger partial charge on any atom is 0.226 e. The van der Waals surface area contributed by atoms with Gasteiger partial charge < -0.3 is 10.2 Å². The third kappa shape index (κ3) is 2.80. The van der Waals surface area contributed by atoms with Crippen molar-refractivity contribution in [3.05, 3.63) is 41.6 Å². The molecule has 0 saturated carbocycles. The minimum absolute atomic E-state index is 0.849. The van der Waals surface area contributed by atoms with Crippen LogP contribution in [0, 0.1) is 13.8 Å². The number of hydrogen-bond donors (Lipinski definition) is 1. The van der Waals surface area contributed by atoms with Crippen LogP contribution in [0.15, 0.2) is 30.3 Å². The summed E-state index contributed by atoms with van der Waals surface area (Å²) in [5.74, 6) is 0.849. The van der Waals surface area contributed by atoms with Crippen LogP contribution in [0.3, 0.4) is 0 Å². The summed E-state index contributed by atoms with van der Waals surface area (Å²) in [7, 11) is 0. The summed E-state index contributed by atoms with van der Waals surface area (Å²) in [6.07, 6.45) is 0. The molecule has 20 heavy (non-hydrogen) atoms. The highest BCUT2D eigenvalue weighted by molar-refractivity contribution is 5.61. The lowest BCUT2D eigenvalue weighted by Gasteiger charge is -2.27. The molecule has 2 heterocycles. The zero-order chi connectivity index (χ0) is 13.9. The summed E-state index contributed by atoms with van der Waals surface area (Å²) in [6, 6.07) is 10.5. The van der Waals surface area contributed by atoms with Crippen molar-refractivity contribution in [2.24, 2.45) is 0 Å². The zero-order valence-corrected chi connectivity index (χ0v) is 12.1. The SMILES string of the molecule is Cc1ccc(-c2cc(C)nc(N3CCNCC3)n2)cc1. The van der Waals surface area contributed by atoms with Crippen molar-refractivity contribution in [1.29, 1.82) is 0 Å². The summed E-state index contributed by atoms with van der Waals surface area (Å²) < 4.78 is 0. The molecular weight excluding hydrogens is 248 g/mol. The highest BCUT2D eigenvalue weighted by Gasteiger charge is 2.14. The molecular formula is C16H20N4. The fourth-order valence-corrected chi connectivity index (χ4v) is 2.43. The number of anilines is 1. The molecule has 2 aromatic rings. The van der Waals surface area contributed by atoms with E-state index in [2.05, 4.69) is 52.5 Å². The fraction of sp³-hybridized carbons (Fsp3) is 0.375. The highest BCUT2D eigenvalue weighted by Crippen LogP contribution is 2.21. The van der Waals surface area contributed by atoms with Gasteiger partial charge in [-0.15, -0.1) is 0 Å². The fourth-order valence-electron chi connectivity index (χ4n) is 2.43. The maximum atomic E-state index is 4.74. The van der Waals surface area contributed by atoms with Crippen LogP contribution in [-0.2, 0) is 0 Å². The Morgan fingerprint density at radius 3 is 2.40 bits per heavy atom. The Bertz CT molecular complexity index is 586.